The summed E-state index contributed by atoms with van der Waals surface area (Å²) in [5.74, 6) is -1.54. The lowest BCUT2D eigenvalue weighted by atomic mass is 10.1. The van der Waals surface area contributed by atoms with Crippen molar-refractivity contribution in [1.29, 1.82) is 5.26 Å². The molecule has 0 saturated heterocycles. The van der Waals surface area contributed by atoms with Crippen LogP contribution in [0.15, 0.2) is 18.6 Å². The maximum Gasteiger partial charge on any atom is 0.329 e. The monoisotopic (exact) mass is 219 g/mol. The first kappa shape index (κ1) is 12.1. The minimum Gasteiger partial charge on any atom is -0.464 e. The second-order valence-electron chi connectivity index (χ2n) is 3.21. The van der Waals surface area contributed by atoms with Crippen LogP contribution in [0.25, 0.3) is 0 Å². The molecular weight excluding hydrogens is 206 g/mol. The van der Waals surface area contributed by atoms with E-state index in [1.807, 2.05) is 13.0 Å². The van der Waals surface area contributed by atoms with Gasteiger partial charge in [-0.2, -0.15) is 5.26 Å². The van der Waals surface area contributed by atoms with E-state index < -0.39 is 11.9 Å². The maximum absolute atomic E-state index is 11.5. The Kier molecular flexibility index (Phi) is 4.93. The Labute approximate surface area is 94.1 Å². The van der Waals surface area contributed by atoms with Gasteiger partial charge in [-0.1, -0.05) is 13.3 Å². The number of ether oxygens (including phenoxy) is 1. The van der Waals surface area contributed by atoms with Crippen molar-refractivity contribution < 1.29 is 9.53 Å². The molecule has 0 aliphatic heterocycles. The molecule has 0 fully saturated rings. The summed E-state index contributed by atoms with van der Waals surface area (Å²) in [7, 11) is 0. The Morgan fingerprint density at radius 3 is 3.00 bits per heavy atom. The third-order valence-electron chi connectivity index (χ3n) is 1.99. The van der Waals surface area contributed by atoms with Crippen molar-refractivity contribution in [1.82, 2.24) is 9.97 Å². The maximum atomic E-state index is 11.5. The van der Waals surface area contributed by atoms with Crippen molar-refractivity contribution in [2.75, 3.05) is 6.61 Å². The number of hydrogen-bond donors (Lipinski definition) is 0. The van der Waals surface area contributed by atoms with Gasteiger partial charge in [0, 0.05) is 12.4 Å². The Morgan fingerprint density at radius 2 is 2.44 bits per heavy atom. The fourth-order valence-corrected chi connectivity index (χ4v) is 1.10. The van der Waals surface area contributed by atoms with Crippen LogP contribution in [-0.2, 0) is 9.53 Å². The lowest BCUT2D eigenvalue weighted by Gasteiger charge is -2.07. The second-order valence-corrected chi connectivity index (χ2v) is 3.21. The summed E-state index contributed by atoms with van der Waals surface area (Å²) < 4.78 is 4.96. The number of rotatable bonds is 5. The molecule has 84 valence electrons. The SMILES string of the molecule is CCCCOC(=O)C(C#N)c1cnccn1. The molecule has 1 heterocycles. The van der Waals surface area contributed by atoms with Gasteiger partial charge >= 0.3 is 5.97 Å². The van der Waals surface area contributed by atoms with E-state index in [-0.39, 0.29) is 0 Å². The smallest absolute Gasteiger partial charge is 0.329 e. The van der Waals surface area contributed by atoms with Crippen LogP contribution in [0.3, 0.4) is 0 Å². The van der Waals surface area contributed by atoms with Crippen LogP contribution in [0.5, 0.6) is 0 Å². The number of nitriles is 1. The van der Waals surface area contributed by atoms with Crippen LogP contribution in [0.2, 0.25) is 0 Å². The van der Waals surface area contributed by atoms with Crippen LogP contribution in [-0.4, -0.2) is 22.5 Å². The highest BCUT2D eigenvalue weighted by molar-refractivity contribution is 5.80. The molecule has 0 aliphatic rings. The molecule has 0 amide bonds. The molecule has 0 saturated carbocycles. The van der Waals surface area contributed by atoms with E-state index >= 15 is 0 Å². The fourth-order valence-electron chi connectivity index (χ4n) is 1.10. The quantitative estimate of drug-likeness (QED) is 0.553. The van der Waals surface area contributed by atoms with Gasteiger partial charge in [0.25, 0.3) is 0 Å². The second kappa shape index (κ2) is 6.51. The third kappa shape index (κ3) is 3.31. The standard InChI is InChI=1S/C11H13N3O2/c1-2-3-6-16-11(15)9(7-12)10-8-13-4-5-14-10/h4-5,8-9H,2-3,6H2,1H3. The van der Waals surface area contributed by atoms with Gasteiger partial charge in [0.15, 0.2) is 5.92 Å². The van der Waals surface area contributed by atoms with E-state index in [0.29, 0.717) is 12.3 Å². The summed E-state index contributed by atoms with van der Waals surface area (Å²) in [4.78, 5) is 19.3. The van der Waals surface area contributed by atoms with Gasteiger partial charge in [0.1, 0.15) is 0 Å². The van der Waals surface area contributed by atoms with E-state index in [4.69, 9.17) is 10.00 Å². The highest BCUT2D eigenvalue weighted by Crippen LogP contribution is 2.12. The topological polar surface area (TPSA) is 75.9 Å². The fraction of sp³-hybridized carbons (Fsp3) is 0.455. The molecule has 1 aromatic heterocycles. The Morgan fingerprint density at radius 1 is 1.62 bits per heavy atom. The van der Waals surface area contributed by atoms with Crippen molar-refractivity contribution in [3.8, 4) is 6.07 Å². The number of carbonyl (C=O) groups excluding carboxylic acids is 1. The zero-order valence-electron chi connectivity index (χ0n) is 9.09. The Bertz CT molecular complexity index is 373. The van der Waals surface area contributed by atoms with Gasteiger partial charge in [-0.3, -0.25) is 14.8 Å². The van der Waals surface area contributed by atoms with Gasteiger partial charge in [0.05, 0.1) is 24.6 Å². The van der Waals surface area contributed by atoms with Crippen molar-refractivity contribution in [2.24, 2.45) is 0 Å². The highest BCUT2D eigenvalue weighted by atomic mass is 16.5. The zero-order valence-corrected chi connectivity index (χ0v) is 9.09. The van der Waals surface area contributed by atoms with Crippen LogP contribution in [0.1, 0.15) is 31.4 Å². The van der Waals surface area contributed by atoms with Crippen molar-refractivity contribution in [2.45, 2.75) is 25.7 Å². The molecule has 1 unspecified atom stereocenters. The molecule has 5 nitrogen and oxygen atoms in total. The number of aromatic nitrogens is 2. The molecule has 0 spiro atoms. The number of nitrogens with zero attached hydrogens (tertiary/aromatic N) is 3. The summed E-state index contributed by atoms with van der Waals surface area (Å²) in [5, 5.41) is 8.89. The summed E-state index contributed by atoms with van der Waals surface area (Å²) in [6.07, 6.45) is 6.06. The Balaban J connectivity index is 2.62. The van der Waals surface area contributed by atoms with Gasteiger partial charge < -0.3 is 4.74 Å². The van der Waals surface area contributed by atoms with Gasteiger partial charge in [-0.05, 0) is 6.42 Å². The van der Waals surface area contributed by atoms with E-state index in [9.17, 15) is 4.79 Å². The largest absolute Gasteiger partial charge is 0.464 e. The molecule has 1 rings (SSSR count). The van der Waals surface area contributed by atoms with Crippen LogP contribution in [0, 0.1) is 11.3 Å². The van der Waals surface area contributed by atoms with Crippen LogP contribution >= 0.6 is 0 Å². The number of carbonyl (C=O) groups is 1. The minimum atomic E-state index is -0.981. The number of hydrogen-bond acceptors (Lipinski definition) is 5. The average Bonchev–Trinajstić information content (AvgIpc) is 2.32. The number of unbranched alkanes of at least 4 members (excludes halogenated alkanes) is 1. The van der Waals surface area contributed by atoms with Crippen LogP contribution < -0.4 is 0 Å². The molecule has 0 N–H and O–H groups in total. The van der Waals surface area contributed by atoms with Gasteiger partial charge in [-0.15, -0.1) is 0 Å². The molecule has 16 heavy (non-hydrogen) atoms. The van der Waals surface area contributed by atoms with E-state index in [1.54, 1.807) is 0 Å². The average molecular weight is 219 g/mol. The summed E-state index contributed by atoms with van der Waals surface area (Å²) in [5.41, 5.74) is 0.325. The summed E-state index contributed by atoms with van der Waals surface area (Å²) in [6, 6.07) is 1.87. The molecule has 1 aromatic rings. The van der Waals surface area contributed by atoms with Crippen molar-refractivity contribution in [3.05, 3.63) is 24.3 Å². The van der Waals surface area contributed by atoms with E-state index in [2.05, 4.69) is 9.97 Å². The predicted octanol–water partition coefficient (Wildman–Crippen LogP) is 1.43. The molecule has 5 heteroatoms. The predicted molar refractivity (Wildman–Crippen MR) is 56.3 cm³/mol. The lowest BCUT2D eigenvalue weighted by molar-refractivity contribution is -0.144. The first-order valence-corrected chi connectivity index (χ1v) is 5.11. The third-order valence-corrected chi connectivity index (χ3v) is 1.99. The van der Waals surface area contributed by atoms with Crippen LogP contribution in [0.4, 0.5) is 0 Å². The van der Waals surface area contributed by atoms with Gasteiger partial charge in [-0.25, -0.2) is 0 Å². The van der Waals surface area contributed by atoms with E-state index in [0.717, 1.165) is 12.8 Å². The first-order chi connectivity index (χ1) is 7.79. The van der Waals surface area contributed by atoms with Crippen molar-refractivity contribution >= 4 is 5.97 Å². The lowest BCUT2D eigenvalue weighted by Crippen LogP contribution is -2.16. The van der Waals surface area contributed by atoms with E-state index in [1.165, 1.54) is 18.6 Å². The normalized spacial score (nSPS) is 11.5. The molecule has 1 atom stereocenters. The molecule has 0 radical (unpaired) electrons. The molecule has 0 aliphatic carbocycles. The summed E-state index contributed by atoms with van der Waals surface area (Å²) in [6.45, 7) is 2.34. The zero-order chi connectivity index (χ0) is 11.8. The molecular formula is C11H13N3O2. The molecule has 0 aromatic carbocycles. The van der Waals surface area contributed by atoms with Gasteiger partial charge in [0.2, 0.25) is 0 Å². The van der Waals surface area contributed by atoms with Crippen molar-refractivity contribution in [3.63, 3.8) is 0 Å². The Hall–Kier alpha value is -1.96. The minimum absolute atomic E-state index is 0.325. The highest BCUT2D eigenvalue weighted by Gasteiger charge is 2.23. The number of esters is 1. The first-order valence-electron chi connectivity index (χ1n) is 5.11. The molecule has 0 bridgehead atoms. The summed E-state index contributed by atoms with van der Waals surface area (Å²) >= 11 is 0.